The van der Waals surface area contributed by atoms with Gasteiger partial charge in [0, 0.05) is 31.5 Å². The van der Waals surface area contributed by atoms with Crippen LogP contribution in [-0.2, 0) is 55.8 Å². The summed E-state index contributed by atoms with van der Waals surface area (Å²) in [6, 6.07) is 4.97. The lowest BCUT2D eigenvalue weighted by Crippen LogP contribution is -2.58. The van der Waals surface area contributed by atoms with Gasteiger partial charge in [-0.25, -0.2) is 0 Å². The summed E-state index contributed by atoms with van der Waals surface area (Å²) >= 11 is 1.44. The number of amides is 7. The van der Waals surface area contributed by atoms with Gasteiger partial charge in [0.1, 0.15) is 48.3 Å². The van der Waals surface area contributed by atoms with E-state index in [0.29, 0.717) is 29.7 Å². The van der Waals surface area contributed by atoms with Crippen molar-refractivity contribution >= 4 is 66.5 Å². The first kappa shape index (κ1) is 61.6. The SMILES string of the molecule is CSCC[C@H](NC(=O)[C@@H](N)CC(C)C)C(=O)N[C@@H](Cc1ccc(O)cc1)C(=O)NCP(=O)(O)C[C@@H](CC(C)C)C(=O)N[C@@H](Cc1ccc(O)cc1)C(=O)N[C@@H](CC(C)C)C(=O)N1CCC[C@H]1C(=O)NCC(=O)O. The van der Waals surface area contributed by atoms with Gasteiger partial charge in [0.05, 0.1) is 12.3 Å². The first-order valence-corrected chi connectivity index (χ1v) is 28.1. The number of aromatic hydroxyl groups is 2. The van der Waals surface area contributed by atoms with Gasteiger partial charge in [-0.15, -0.1) is 0 Å². The molecule has 73 heavy (non-hydrogen) atoms. The lowest BCUT2D eigenvalue weighted by Gasteiger charge is -2.31. The molecular formula is C50H77N8O13PS. The van der Waals surface area contributed by atoms with Gasteiger partial charge in [-0.3, -0.25) is 42.9 Å². The second-order valence-electron chi connectivity index (χ2n) is 20.0. The third-order valence-corrected chi connectivity index (χ3v) is 14.3. The molecule has 0 aromatic heterocycles. The number of hydrogen-bond donors (Lipinski definition) is 11. The lowest BCUT2D eigenvalue weighted by atomic mass is 9.96. The van der Waals surface area contributed by atoms with Gasteiger partial charge in [-0.05, 0) is 104 Å². The van der Waals surface area contributed by atoms with Crippen LogP contribution in [-0.4, -0.2) is 146 Å². The number of hydrogen-bond acceptors (Lipinski definition) is 13. The van der Waals surface area contributed by atoms with Crippen LogP contribution in [0, 0.1) is 23.7 Å². The summed E-state index contributed by atoms with van der Waals surface area (Å²) in [5.41, 5.74) is 7.14. The van der Waals surface area contributed by atoms with Crippen molar-refractivity contribution in [3.63, 3.8) is 0 Å². The minimum absolute atomic E-state index is 0.0412. The van der Waals surface area contributed by atoms with Crippen LogP contribution in [0.5, 0.6) is 11.5 Å². The summed E-state index contributed by atoms with van der Waals surface area (Å²) in [7, 11) is -4.44. The normalized spacial score (nSPS) is 16.8. The van der Waals surface area contributed by atoms with E-state index in [9.17, 15) is 58.0 Å². The molecule has 0 saturated carbocycles. The number of benzene rings is 2. The van der Waals surface area contributed by atoms with E-state index in [1.807, 2.05) is 34.0 Å². The molecule has 23 heteroatoms. The molecule has 0 radical (unpaired) electrons. The van der Waals surface area contributed by atoms with Crippen molar-refractivity contribution in [2.24, 2.45) is 29.4 Å². The number of rotatable bonds is 30. The maximum atomic E-state index is 14.4. The van der Waals surface area contributed by atoms with Gasteiger partial charge in [0.2, 0.25) is 48.7 Å². The Bertz CT molecular complexity index is 2230. The summed E-state index contributed by atoms with van der Waals surface area (Å²) < 4.78 is 14.1. The highest BCUT2D eigenvalue weighted by Crippen LogP contribution is 2.42. The maximum absolute atomic E-state index is 14.4. The molecule has 0 spiro atoms. The zero-order chi connectivity index (χ0) is 54.6. The van der Waals surface area contributed by atoms with E-state index in [2.05, 4.69) is 31.9 Å². The van der Waals surface area contributed by atoms with Crippen molar-refractivity contribution in [2.45, 2.75) is 129 Å². The Morgan fingerprint density at radius 3 is 1.70 bits per heavy atom. The van der Waals surface area contributed by atoms with Crippen molar-refractivity contribution in [3.05, 3.63) is 59.7 Å². The predicted molar refractivity (Wildman–Crippen MR) is 277 cm³/mol. The molecule has 3 rings (SSSR count). The van der Waals surface area contributed by atoms with Crippen LogP contribution in [0.2, 0.25) is 0 Å². The van der Waals surface area contributed by atoms with Gasteiger partial charge in [0.25, 0.3) is 0 Å². The zero-order valence-corrected chi connectivity index (χ0v) is 44.6. The Morgan fingerprint density at radius 1 is 0.685 bits per heavy atom. The van der Waals surface area contributed by atoms with Gasteiger partial charge in [-0.2, -0.15) is 11.8 Å². The predicted octanol–water partition coefficient (Wildman–Crippen LogP) is 2.19. The van der Waals surface area contributed by atoms with Crippen molar-refractivity contribution in [1.29, 1.82) is 0 Å². The number of carbonyl (C=O) groups excluding carboxylic acids is 7. The molecule has 21 nitrogen and oxygen atoms in total. The van der Waals surface area contributed by atoms with Crippen LogP contribution in [0.3, 0.4) is 0 Å². The van der Waals surface area contributed by atoms with Crippen LogP contribution in [0.25, 0.3) is 0 Å². The Morgan fingerprint density at radius 2 is 1.18 bits per heavy atom. The molecule has 0 aliphatic carbocycles. The van der Waals surface area contributed by atoms with Gasteiger partial charge < -0.3 is 62.7 Å². The number of carboxylic acids is 1. The van der Waals surface area contributed by atoms with E-state index in [-0.39, 0.29) is 74.3 Å². The molecule has 1 aliphatic rings. The first-order valence-electron chi connectivity index (χ1n) is 24.7. The number of aliphatic carboxylic acids is 1. The van der Waals surface area contributed by atoms with Crippen LogP contribution >= 0.6 is 19.1 Å². The second kappa shape index (κ2) is 29.9. The van der Waals surface area contributed by atoms with Crippen molar-refractivity contribution < 1.29 is 63.1 Å². The summed E-state index contributed by atoms with van der Waals surface area (Å²) in [6.45, 7) is 10.6. The molecule has 1 unspecified atom stereocenters. The van der Waals surface area contributed by atoms with Gasteiger partial charge in [-0.1, -0.05) is 65.8 Å². The largest absolute Gasteiger partial charge is 0.508 e. The highest BCUT2D eigenvalue weighted by atomic mass is 32.2. The molecule has 1 aliphatic heterocycles. The zero-order valence-electron chi connectivity index (χ0n) is 42.9. The summed E-state index contributed by atoms with van der Waals surface area (Å²) in [5, 5.41) is 44.6. The molecule has 12 N–H and O–H groups in total. The number of nitrogens with two attached hydrogens (primary N) is 1. The Kier molecular flexibility index (Phi) is 25.2. The number of likely N-dealkylation sites (tertiary alicyclic amines) is 1. The molecule has 7 amide bonds. The van der Waals surface area contributed by atoms with Crippen molar-refractivity contribution in [3.8, 4) is 11.5 Å². The molecule has 2 aromatic carbocycles. The number of nitrogens with zero attached hydrogens (tertiary/aromatic N) is 1. The average molecular weight is 1060 g/mol. The van der Waals surface area contributed by atoms with Crippen LogP contribution < -0.4 is 37.6 Å². The summed E-state index contributed by atoms with van der Waals surface area (Å²) in [6.07, 6.45) is 1.67. The van der Waals surface area contributed by atoms with Gasteiger partial charge in [0.15, 0.2) is 0 Å². The molecule has 0 bridgehead atoms. The second-order valence-corrected chi connectivity index (χ2v) is 23.3. The van der Waals surface area contributed by atoms with Crippen LogP contribution in [0.4, 0.5) is 0 Å². The Balaban J connectivity index is 1.87. The molecule has 1 saturated heterocycles. The maximum Gasteiger partial charge on any atom is 0.322 e. The van der Waals surface area contributed by atoms with E-state index in [0.717, 1.165) is 0 Å². The number of nitrogens with one attached hydrogen (secondary N) is 6. The van der Waals surface area contributed by atoms with E-state index in [1.165, 1.54) is 40.9 Å². The summed E-state index contributed by atoms with van der Waals surface area (Å²) in [4.78, 5) is 120. The standard InChI is InChI=1S/C50H77N8O13PS/c1-29(2)21-34(27-72(70,71)28-53-46(65)39(24-32-10-14-35(59)15-11-32)56-47(66)38(18-20-73-7)54-45(64)37(51)22-30(3)4)44(63)55-40(25-33-12-16-36(60)17-13-33)48(67)57-41(23-31(5)6)50(69)58-19-8-9-42(58)49(68)52-26-43(61)62/h10-17,29-31,34,37-42,59-60H,8-9,18-28,51H2,1-7H3,(H,52,68)(H,53,65)(H,54,64)(H,55,63)(H,56,66)(H,57,67)(H,61,62)(H,70,71)/t34-,37+,38+,39+,40+,41+,42+/m1/s1. The molecular weight excluding hydrogens is 984 g/mol. The number of thioether (sulfide) groups is 1. The lowest BCUT2D eigenvalue weighted by molar-refractivity contribution is -0.143. The number of phenolic OH excluding ortho intramolecular Hbond substituents is 2. The summed E-state index contributed by atoms with van der Waals surface area (Å²) in [5.74, 6) is -7.11. The molecule has 8 atom stereocenters. The first-order chi connectivity index (χ1) is 34.3. The van der Waals surface area contributed by atoms with Crippen molar-refractivity contribution in [1.82, 2.24) is 36.8 Å². The van der Waals surface area contributed by atoms with E-state index < -0.39 is 116 Å². The monoisotopic (exact) mass is 1060 g/mol. The number of carbonyl (C=O) groups is 8. The number of phenols is 2. The highest BCUT2D eigenvalue weighted by molar-refractivity contribution is 7.98. The van der Waals surface area contributed by atoms with Crippen molar-refractivity contribution in [2.75, 3.05) is 37.5 Å². The topological polar surface area (TPSA) is 336 Å². The van der Waals surface area contributed by atoms with E-state index in [4.69, 9.17) is 10.8 Å². The minimum Gasteiger partial charge on any atom is -0.508 e. The molecule has 406 valence electrons. The van der Waals surface area contributed by atoms with Crippen LogP contribution in [0.1, 0.15) is 91.2 Å². The average Bonchev–Trinajstić information content (AvgIpc) is 3.81. The minimum atomic E-state index is -4.44. The smallest absolute Gasteiger partial charge is 0.322 e. The van der Waals surface area contributed by atoms with Crippen LogP contribution in [0.15, 0.2) is 48.5 Å². The molecule has 2 aromatic rings. The quantitative estimate of drug-likeness (QED) is 0.0500. The van der Waals surface area contributed by atoms with Gasteiger partial charge >= 0.3 is 5.97 Å². The fraction of sp³-hybridized carbons (Fsp3) is 0.600. The molecule has 1 heterocycles. The third kappa shape index (κ3) is 21.7. The van der Waals surface area contributed by atoms with E-state index >= 15 is 0 Å². The van der Waals surface area contributed by atoms with E-state index in [1.54, 1.807) is 38.1 Å². The number of carboxylic acid groups (broad SMARTS) is 1. The Labute approximate surface area is 432 Å². The Hall–Kier alpha value is -5.70. The fourth-order valence-electron chi connectivity index (χ4n) is 8.43. The highest BCUT2D eigenvalue weighted by Gasteiger charge is 2.40. The fourth-order valence-corrected chi connectivity index (χ4v) is 10.4. The third-order valence-electron chi connectivity index (χ3n) is 12.0. The molecule has 1 fully saturated rings.